The second-order valence-corrected chi connectivity index (χ2v) is 9.49. The predicted octanol–water partition coefficient (Wildman–Crippen LogP) is -0.144. The van der Waals surface area contributed by atoms with E-state index in [1.54, 1.807) is 38.1 Å². The van der Waals surface area contributed by atoms with Gasteiger partial charge in [0, 0.05) is 6.92 Å². The second kappa shape index (κ2) is 7.94. The maximum Gasteiger partial charge on any atom is 0.333 e. The number of amides is 2. The molecular formula is C19H22N2O7S. The van der Waals surface area contributed by atoms with Crippen LogP contribution in [0, 0.1) is 0 Å². The van der Waals surface area contributed by atoms with E-state index in [0.717, 1.165) is 5.56 Å². The quantitative estimate of drug-likeness (QED) is 0.385. The molecule has 0 aromatic heterocycles. The number of ether oxygens (including phenoxy) is 2. The van der Waals surface area contributed by atoms with Crippen LogP contribution in [0.2, 0.25) is 0 Å². The number of nitrogens with zero attached hydrogens (tertiary/aromatic N) is 1. The van der Waals surface area contributed by atoms with Crippen molar-refractivity contribution in [2.75, 3.05) is 6.79 Å². The van der Waals surface area contributed by atoms with Crippen molar-refractivity contribution in [1.82, 2.24) is 10.2 Å². The number of β-lactam (4-membered cyclic amide) rings is 1. The molecule has 2 amide bonds. The summed E-state index contributed by atoms with van der Waals surface area (Å²) in [6.45, 7) is 3.77. The van der Waals surface area contributed by atoms with Gasteiger partial charge in [0.2, 0.25) is 18.6 Å². The Labute approximate surface area is 170 Å². The van der Waals surface area contributed by atoms with Crippen LogP contribution in [-0.4, -0.2) is 61.9 Å². The lowest BCUT2D eigenvalue weighted by atomic mass is 9.96. The number of rotatable bonds is 6. The minimum Gasteiger partial charge on any atom is -0.428 e. The summed E-state index contributed by atoms with van der Waals surface area (Å²) in [7, 11) is -1.62. The van der Waals surface area contributed by atoms with E-state index in [4.69, 9.17) is 4.74 Å². The summed E-state index contributed by atoms with van der Waals surface area (Å²) in [5.41, 5.74) is 0.786. The molecule has 2 aliphatic rings. The first-order valence-electron chi connectivity index (χ1n) is 9.00. The zero-order valence-electron chi connectivity index (χ0n) is 16.2. The van der Waals surface area contributed by atoms with Gasteiger partial charge in [0.15, 0.2) is 0 Å². The fourth-order valence-corrected chi connectivity index (χ4v) is 5.44. The minimum absolute atomic E-state index is 0.0845. The van der Waals surface area contributed by atoms with Crippen molar-refractivity contribution >= 4 is 34.6 Å². The summed E-state index contributed by atoms with van der Waals surface area (Å²) in [6.07, 6.45) is 0.0845. The summed E-state index contributed by atoms with van der Waals surface area (Å²) in [5, 5.41) is 1.81. The number of nitrogens with one attached hydrogen (secondary N) is 1. The van der Waals surface area contributed by atoms with Gasteiger partial charge in [-0.3, -0.25) is 18.6 Å². The van der Waals surface area contributed by atoms with E-state index < -0.39 is 57.6 Å². The molecule has 1 aromatic rings. The van der Waals surface area contributed by atoms with Crippen molar-refractivity contribution in [3.05, 3.63) is 35.9 Å². The van der Waals surface area contributed by atoms with Crippen LogP contribution in [0.1, 0.15) is 26.3 Å². The summed E-state index contributed by atoms with van der Waals surface area (Å²) < 4.78 is 21.4. The van der Waals surface area contributed by atoms with Crippen LogP contribution in [0.25, 0.3) is 0 Å². The lowest BCUT2D eigenvalue weighted by molar-refractivity contribution is -0.175. The molecular weight excluding hydrogens is 400 g/mol. The number of benzene rings is 1. The molecule has 1 N–H and O–H groups in total. The van der Waals surface area contributed by atoms with E-state index in [-0.39, 0.29) is 12.3 Å². The van der Waals surface area contributed by atoms with Crippen LogP contribution < -0.4 is 5.32 Å². The molecule has 9 nitrogen and oxygen atoms in total. The van der Waals surface area contributed by atoms with Gasteiger partial charge in [-0.25, -0.2) is 4.79 Å². The molecule has 0 aliphatic carbocycles. The van der Waals surface area contributed by atoms with E-state index >= 15 is 0 Å². The number of fused-ring (bicyclic) bond motifs is 1. The standard InChI is InChI=1S/C19H22N2O7S/c1-11(22)27-10-28-18(25)15-19(2,3)29(26)17-14(16(24)21(15)17)20-13(23)9-12-7-5-4-6-8-12/h4-8,14-15,17H,9-10H2,1-3H3,(H,20,23)/t14-,15+,17-,29?/m1/s1. The van der Waals surface area contributed by atoms with Gasteiger partial charge in [-0.05, 0) is 19.4 Å². The Bertz CT molecular complexity index is 871. The normalized spacial score (nSPS) is 26.9. The van der Waals surface area contributed by atoms with Gasteiger partial charge >= 0.3 is 11.9 Å². The third kappa shape index (κ3) is 3.89. The molecule has 1 aromatic carbocycles. The van der Waals surface area contributed by atoms with Crippen LogP contribution in [-0.2, 0) is 45.9 Å². The van der Waals surface area contributed by atoms with Gasteiger partial charge in [0.05, 0.1) is 22.0 Å². The molecule has 0 spiro atoms. The third-order valence-electron chi connectivity index (χ3n) is 4.97. The lowest BCUT2D eigenvalue weighted by Gasteiger charge is -2.43. The molecule has 2 heterocycles. The Balaban J connectivity index is 1.68. The maximum atomic E-state index is 13.0. The first-order chi connectivity index (χ1) is 13.6. The highest BCUT2D eigenvalue weighted by Crippen LogP contribution is 2.43. The Hall–Kier alpha value is -2.75. The van der Waals surface area contributed by atoms with Gasteiger partial charge in [0.1, 0.15) is 17.5 Å². The summed E-state index contributed by atoms with van der Waals surface area (Å²) in [5.74, 6) is -2.30. The first kappa shape index (κ1) is 21.0. The topological polar surface area (TPSA) is 119 Å². The second-order valence-electron chi connectivity index (χ2n) is 7.36. The van der Waals surface area contributed by atoms with Gasteiger partial charge in [0.25, 0.3) is 0 Å². The van der Waals surface area contributed by atoms with Gasteiger partial charge in [-0.1, -0.05) is 30.3 Å². The lowest BCUT2D eigenvalue weighted by Crippen LogP contribution is -2.71. The Kier molecular flexibility index (Phi) is 5.74. The fraction of sp³-hybridized carbons (Fsp3) is 0.474. The average molecular weight is 422 g/mol. The zero-order valence-corrected chi connectivity index (χ0v) is 17.1. The van der Waals surface area contributed by atoms with Crippen LogP contribution in [0.3, 0.4) is 0 Å². The van der Waals surface area contributed by atoms with Crippen LogP contribution in [0.4, 0.5) is 0 Å². The number of esters is 2. The number of carbonyl (C=O) groups excluding carboxylic acids is 4. The molecule has 2 fully saturated rings. The minimum atomic E-state index is -1.62. The molecule has 29 heavy (non-hydrogen) atoms. The largest absolute Gasteiger partial charge is 0.428 e. The average Bonchev–Trinajstić information content (AvgIpc) is 2.84. The monoisotopic (exact) mass is 422 g/mol. The molecule has 0 saturated carbocycles. The van der Waals surface area contributed by atoms with Gasteiger partial charge in [-0.2, -0.15) is 0 Å². The van der Waals surface area contributed by atoms with E-state index in [1.807, 2.05) is 6.07 Å². The van der Waals surface area contributed by atoms with E-state index in [9.17, 15) is 23.4 Å². The van der Waals surface area contributed by atoms with Crippen molar-refractivity contribution in [3.8, 4) is 0 Å². The van der Waals surface area contributed by atoms with Gasteiger partial charge < -0.3 is 19.7 Å². The zero-order chi connectivity index (χ0) is 21.3. The molecule has 2 saturated heterocycles. The van der Waals surface area contributed by atoms with Crippen LogP contribution >= 0.6 is 0 Å². The molecule has 0 bridgehead atoms. The van der Waals surface area contributed by atoms with Crippen LogP contribution in [0.15, 0.2) is 30.3 Å². The molecule has 0 radical (unpaired) electrons. The molecule has 3 rings (SSSR count). The first-order valence-corrected chi connectivity index (χ1v) is 10.2. The smallest absolute Gasteiger partial charge is 0.333 e. The highest BCUT2D eigenvalue weighted by molar-refractivity contribution is 7.87. The van der Waals surface area contributed by atoms with E-state index in [0.29, 0.717) is 0 Å². The number of carbonyl (C=O) groups is 4. The third-order valence-corrected chi connectivity index (χ3v) is 7.16. The molecule has 2 aliphatic heterocycles. The van der Waals surface area contributed by atoms with Crippen molar-refractivity contribution in [3.63, 3.8) is 0 Å². The Morgan fingerprint density at radius 1 is 1.17 bits per heavy atom. The molecule has 1 unspecified atom stereocenters. The van der Waals surface area contributed by atoms with Crippen molar-refractivity contribution in [1.29, 1.82) is 0 Å². The highest BCUT2D eigenvalue weighted by atomic mass is 32.2. The van der Waals surface area contributed by atoms with Crippen LogP contribution in [0.5, 0.6) is 0 Å². The molecule has 4 atom stereocenters. The molecule has 10 heteroatoms. The maximum absolute atomic E-state index is 13.0. The van der Waals surface area contributed by atoms with Gasteiger partial charge in [-0.15, -0.1) is 0 Å². The SMILES string of the molecule is CC(=O)OCOC(=O)[C@@H]1N2C(=O)[C@@H](NC(=O)Cc3ccccc3)[C@H]2S(=O)C1(C)C. The Morgan fingerprint density at radius 3 is 2.45 bits per heavy atom. The van der Waals surface area contributed by atoms with Crippen molar-refractivity contribution in [2.24, 2.45) is 0 Å². The summed E-state index contributed by atoms with van der Waals surface area (Å²) in [4.78, 5) is 49.4. The number of hydrogen-bond donors (Lipinski definition) is 1. The highest BCUT2D eigenvalue weighted by Gasteiger charge is 2.68. The van der Waals surface area contributed by atoms with Crippen molar-refractivity contribution < 1.29 is 32.9 Å². The summed E-state index contributed by atoms with van der Waals surface area (Å²) in [6, 6.07) is 6.97. The number of hydrogen-bond acceptors (Lipinski definition) is 7. The summed E-state index contributed by atoms with van der Waals surface area (Å²) >= 11 is 0. The van der Waals surface area contributed by atoms with Crippen molar-refractivity contribution in [2.45, 2.75) is 49.4 Å². The Morgan fingerprint density at radius 2 is 1.83 bits per heavy atom. The fourth-order valence-electron chi connectivity index (χ4n) is 3.53. The van der Waals surface area contributed by atoms with E-state index in [2.05, 4.69) is 10.1 Å². The van der Waals surface area contributed by atoms with E-state index in [1.165, 1.54) is 11.8 Å². The predicted molar refractivity (Wildman–Crippen MR) is 101 cm³/mol. The molecule has 156 valence electrons.